The largest absolute Gasteiger partial charge is 0.466 e. The number of aromatic nitrogens is 2. The number of amides is 1. The molecule has 6 nitrogen and oxygen atoms in total. The maximum Gasteiger partial charge on any atom is 0.266 e. The highest BCUT2D eigenvalue weighted by molar-refractivity contribution is 5.95. The van der Waals surface area contributed by atoms with Gasteiger partial charge in [0.25, 0.3) is 11.5 Å². The topological polar surface area (TPSA) is 68.3 Å². The molecule has 0 unspecified atom stereocenters. The van der Waals surface area contributed by atoms with Gasteiger partial charge in [0, 0.05) is 25.1 Å². The van der Waals surface area contributed by atoms with Gasteiger partial charge in [0.1, 0.15) is 11.5 Å². The number of aryl methyl sites for hydroxylation is 3. The van der Waals surface area contributed by atoms with Gasteiger partial charge in [-0.25, -0.2) is 4.68 Å². The second-order valence-electron chi connectivity index (χ2n) is 5.90. The number of rotatable bonds is 3. The van der Waals surface area contributed by atoms with E-state index < -0.39 is 0 Å². The van der Waals surface area contributed by atoms with Crippen LogP contribution in [0.1, 0.15) is 27.6 Å². The normalized spacial score (nSPS) is 15.0. The highest BCUT2D eigenvalue weighted by atomic mass is 16.3. The minimum atomic E-state index is -0.100. The van der Waals surface area contributed by atoms with Gasteiger partial charge in [-0.05, 0) is 32.9 Å². The van der Waals surface area contributed by atoms with Crippen LogP contribution in [0.25, 0.3) is 0 Å². The molecule has 0 atom stereocenters. The minimum absolute atomic E-state index is 0.00449. The van der Waals surface area contributed by atoms with E-state index in [1.54, 1.807) is 24.0 Å². The van der Waals surface area contributed by atoms with E-state index in [4.69, 9.17) is 4.42 Å². The van der Waals surface area contributed by atoms with Crippen molar-refractivity contribution in [2.24, 2.45) is 5.92 Å². The van der Waals surface area contributed by atoms with Crippen molar-refractivity contribution in [3.05, 3.63) is 51.3 Å². The highest BCUT2D eigenvalue weighted by Gasteiger charge is 2.33. The summed E-state index contributed by atoms with van der Waals surface area (Å²) in [5.74, 6) is 1.66. The molecule has 0 saturated carbocycles. The molecule has 3 rings (SSSR count). The Morgan fingerprint density at radius 3 is 2.68 bits per heavy atom. The molecule has 1 saturated heterocycles. The van der Waals surface area contributed by atoms with Gasteiger partial charge in [-0.2, -0.15) is 5.10 Å². The summed E-state index contributed by atoms with van der Waals surface area (Å²) in [6, 6.07) is 5.01. The molecule has 1 aliphatic heterocycles. The SMILES string of the molecule is Cc1ccc(=O)n(CC2CN(C(=O)c3cc(C)oc3C)C2)n1. The van der Waals surface area contributed by atoms with Crippen LogP contribution in [0.5, 0.6) is 0 Å². The zero-order valence-electron chi connectivity index (χ0n) is 13.0. The van der Waals surface area contributed by atoms with Crippen LogP contribution in [0, 0.1) is 26.7 Å². The first kappa shape index (κ1) is 14.6. The zero-order valence-corrected chi connectivity index (χ0v) is 13.0. The molecule has 2 aromatic heterocycles. The lowest BCUT2D eigenvalue weighted by molar-refractivity contribution is 0.0456. The van der Waals surface area contributed by atoms with E-state index in [9.17, 15) is 9.59 Å². The standard InChI is InChI=1S/C16H19N3O3/c1-10-4-5-15(20)19(17-10)9-13-7-18(8-13)16(21)14-6-11(2)22-12(14)3/h4-6,13H,7-9H2,1-3H3. The summed E-state index contributed by atoms with van der Waals surface area (Å²) in [6.45, 7) is 7.33. The van der Waals surface area contributed by atoms with Crippen LogP contribution in [-0.4, -0.2) is 33.7 Å². The Morgan fingerprint density at radius 1 is 1.32 bits per heavy atom. The summed E-state index contributed by atoms with van der Waals surface area (Å²) in [7, 11) is 0. The predicted molar refractivity (Wildman–Crippen MR) is 80.8 cm³/mol. The van der Waals surface area contributed by atoms with Crippen molar-refractivity contribution in [3.63, 3.8) is 0 Å². The van der Waals surface area contributed by atoms with Gasteiger partial charge < -0.3 is 9.32 Å². The van der Waals surface area contributed by atoms with E-state index in [-0.39, 0.29) is 17.4 Å². The van der Waals surface area contributed by atoms with Crippen molar-refractivity contribution in [2.75, 3.05) is 13.1 Å². The molecule has 22 heavy (non-hydrogen) atoms. The number of hydrogen-bond acceptors (Lipinski definition) is 4. The first-order valence-electron chi connectivity index (χ1n) is 7.35. The molecule has 1 aliphatic rings. The van der Waals surface area contributed by atoms with Crippen molar-refractivity contribution >= 4 is 5.91 Å². The van der Waals surface area contributed by atoms with Gasteiger partial charge in [-0.15, -0.1) is 0 Å². The van der Waals surface area contributed by atoms with Crippen LogP contribution in [0.4, 0.5) is 0 Å². The van der Waals surface area contributed by atoms with E-state index in [2.05, 4.69) is 5.10 Å². The Morgan fingerprint density at radius 2 is 2.05 bits per heavy atom. The number of likely N-dealkylation sites (tertiary alicyclic amines) is 1. The lowest BCUT2D eigenvalue weighted by Gasteiger charge is -2.39. The Balaban J connectivity index is 1.62. The molecule has 1 fully saturated rings. The quantitative estimate of drug-likeness (QED) is 0.862. The van der Waals surface area contributed by atoms with Gasteiger partial charge in [0.2, 0.25) is 0 Å². The Hall–Kier alpha value is -2.37. The smallest absolute Gasteiger partial charge is 0.266 e. The summed E-state index contributed by atoms with van der Waals surface area (Å²) in [5.41, 5.74) is 1.34. The van der Waals surface area contributed by atoms with Crippen LogP contribution in [0.3, 0.4) is 0 Å². The number of carbonyl (C=O) groups excluding carboxylic acids is 1. The summed E-state index contributed by atoms with van der Waals surface area (Å²) < 4.78 is 6.88. The van der Waals surface area contributed by atoms with Gasteiger partial charge >= 0.3 is 0 Å². The fourth-order valence-electron chi connectivity index (χ4n) is 2.79. The fourth-order valence-corrected chi connectivity index (χ4v) is 2.79. The molecular formula is C16H19N3O3. The maximum absolute atomic E-state index is 12.4. The van der Waals surface area contributed by atoms with Crippen molar-refractivity contribution in [3.8, 4) is 0 Å². The molecule has 0 radical (unpaired) electrons. The van der Waals surface area contributed by atoms with E-state index in [1.807, 2.05) is 13.8 Å². The molecule has 2 aromatic rings. The van der Waals surface area contributed by atoms with Crippen LogP contribution >= 0.6 is 0 Å². The monoisotopic (exact) mass is 301 g/mol. The van der Waals surface area contributed by atoms with E-state index in [0.29, 0.717) is 31.0 Å². The number of furan rings is 1. The molecule has 3 heterocycles. The molecule has 0 aliphatic carbocycles. The van der Waals surface area contributed by atoms with E-state index in [0.717, 1.165) is 11.5 Å². The molecule has 1 amide bonds. The van der Waals surface area contributed by atoms with Crippen LogP contribution in [-0.2, 0) is 6.54 Å². The Labute approximate surface area is 128 Å². The van der Waals surface area contributed by atoms with Gasteiger partial charge in [-0.3, -0.25) is 9.59 Å². The molecule has 0 bridgehead atoms. The van der Waals surface area contributed by atoms with Crippen molar-refractivity contribution in [1.82, 2.24) is 14.7 Å². The lowest BCUT2D eigenvalue weighted by atomic mass is 9.99. The molecule has 0 spiro atoms. The fraction of sp³-hybridized carbons (Fsp3) is 0.438. The zero-order chi connectivity index (χ0) is 15.9. The average molecular weight is 301 g/mol. The Kier molecular flexibility index (Phi) is 3.60. The second-order valence-corrected chi connectivity index (χ2v) is 5.90. The van der Waals surface area contributed by atoms with Crippen molar-refractivity contribution in [1.29, 1.82) is 0 Å². The number of carbonyl (C=O) groups is 1. The maximum atomic E-state index is 12.4. The summed E-state index contributed by atoms with van der Waals surface area (Å²) in [4.78, 5) is 25.9. The summed E-state index contributed by atoms with van der Waals surface area (Å²) in [5, 5.41) is 4.23. The third kappa shape index (κ3) is 2.68. The third-order valence-corrected chi connectivity index (χ3v) is 3.95. The summed E-state index contributed by atoms with van der Waals surface area (Å²) >= 11 is 0. The first-order chi connectivity index (χ1) is 10.4. The van der Waals surface area contributed by atoms with Gasteiger partial charge in [0.05, 0.1) is 17.8 Å². The van der Waals surface area contributed by atoms with Crippen LogP contribution in [0.2, 0.25) is 0 Å². The summed E-state index contributed by atoms with van der Waals surface area (Å²) in [6.07, 6.45) is 0. The van der Waals surface area contributed by atoms with Crippen LogP contribution in [0.15, 0.2) is 27.4 Å². The molecular weight excluding hydrogens is 282 g/mol. The predicted octanol–water partition coefficient (Wildman–Crippen LogP) is 1.53. The highest BCUT2D eigenvalue weighted by Crippen LogP contribution is 2.23. The van der Waals surface area contributed by atoms with E-state index >= 15 is 0 Å². The van der Waals surface area contributed by atoms with E-state index in [1.165, 1.54) is 10.7 Å². The van der Waals surface area contributed by atoms with Crippen molar-refractivity contribution in [2.45, 2.75) is 27.3 Å². The number of nitrogens with zero attached hydrogens (tertiary/aromatic N) is 3. The average Bonchev–Trinajstić information content (AvgIpc) is 2.75. The van der Waals surface area contributed by atoms with Crippen LogP contribution < -0.4 is 5.56 Å². The number of hydrogen-bond donors (Lipinski definition) is 0. The van der Waals surface area contributed by atoms with Gasteiger partial charge in [0.15, 0.2) is 0 Å². The van der Waals surface area contributed by atoms with Gasteiger partial charge in [-0.1, -0.05) is 0 Å². The molecule has 6 heteroatoms. The molecule has 116 valence electrons. The first-order valence-corrected chi connectivity index (χ1v) is 7.35. The second kappa shape index (κ2) is 5.44. The Bertz CT molecular complexity index is 769. The lowest BCUT2D eigenvalue weighted by Crippen LogP contribution is -2.52. The minimum Gasteiger partial charge on any atom is -0.466 e. The molecule has 0 N–H and O–H groups in total. The van der Waals surface area contributed by atoms with Crippen molar-refractivity contribution < 1.29 is 9.21 Å². The third-order valence-electron chi connectivity index (χ3n) is 3.95. The molecule has 0 aromatic carbocycles.